The lowest BCUT2D eigenvalue weighted by Gasteiger charge is -2.35. The SMILES string of the molecule is COCCN(CCOC)C(C)(C)C(N)=O. The van der Waals surface area contributed by atoms with E-state index in [9.17, 15) is 4.79 Å². The van der Waals surface area contributed by atoms with E-state index in [1.165, 1.54) is 0 Å². The molecule has 0 radical (unpaired) electrons. The Balaban J connectivity index is 4.38. The second kappa shape index (κ2) is 6.76. The van der Waals surface area contributed by atoms with Crippen molar-refractivity contribution in [2.45, 2.75) is 19.4 Å². The normalized spacial score (nSPS) is 12.1. The van der Waals surface area contributed by atoms with Gasteiger partial charge in [-0.05, 0) is 13.8 Å². The molecule has 0 saturated heterocycles. The van der Waals surface area contributed by atoms with Crippen LogP contribution in [0.1, 0.15) is 13.8 Å². The molecule has 0 fully saturated rings. The van der Waals surface area contributed by atoms with Gasteiger partial charge >= 0.3 is 0 Å². The van der Waals surface area contributed by atoms with Gasteiger partial charge in [0.25, 0.3) is 0 Å². The number of hydrogen-bond donors (Lipinski definition) is 1. The van der Waals surface area contributed by atoms with Crippen LogP contribution in [0, 0.1) is 0 Å². The molecule has 0 aromatic carbocycles. The van der Waals surface area contributed by atoms with E-state index in [4.69, 9.17) is 15.2 Å². The summed E-state index contributed by atoms with van der Waals surface area (Å²) in [4.78, 5) is 13.2. The molecular formula is C10H22N2O3. The Morgan fingerprint density at radius 3 is 1.87 bits per heavy atom. The summed E-state index contributed by atoms with van der Waals surface area (Å²) in [5.41, 5.74) is 4.68. The highest BCUT2D eigenvalue weighted by Crippen LogP contribution is 2.12. The van der Waals surface area contributed by atoms with E-state index in [1.807, 2.05) is 4.90 Å². The number of nitrogens with two attached hydrogens (primary N) is 1. The van der Waals surface area contributed by atoms with Crippen LogP contribution in [0.2, 0.25) is 0 Å². The number of hydrogen-bond acceptors (Lipinski definition) is 4. The summed E-state index contributed by atoms with van der Waals surface area (Å²) in [5.74, 6) is -0.338. The zero-order valence-corrected chi connectivity index (χ0v) is 10.1. The lowest BCUT2D eigenvalue weighted by Crippen LogP contribution is -2.55. The first-order valence-corrected chi connectivity index (χ1v) is 4.99. The van der Waals surface area contributed by atoms with Crippen LogP contribution in [0.15, 0.2) is 0 Å². The van der Waals surface area contributed by atoms with Crippen molar-refractivity contribution in [3.05, 3.63) is 0 Å². The summed E-state index contributed by atoms with van der Waals surface area (Å²) < 4.78 is 9.99. The molecule has 15 heavy (non-hydrogen) atoms. The number of carbonyl (C=O) groups is 1. The monoisotopic (exact) mass is 218 g/mol. The van der Waals surface area contributed by atoms with Crippen molar-refractivity contribution in [3.63, 3.8) is 0 Å². The second-order valence-corrected chi connectivity index (χ2v) is 3.90. The van der Waals surface area contributed by atoms with Crippen LogP contribution < -0.4 is 5.73 Å². The molecule has 5 nitrogen and oxygen atoms in total. The number of primary amides is 1. The van der Waals surface area contributed by atoms with Gasteiger partial charge < -0.3 is 15.2 Å². The molecule has 0 spiro atoms. The molecule has 90 valence electrons. The van der Waals surface area contributed by atoms with E-state index in [0.717, 1.165) is 0 Å². The van der Waals surface area contributed by atoms with E-state index in [2.05, 4.69) is 0 Å². The first-order valence-electron chi connectivity index (χ1n) is 4.99. The third-order valence-corrected chi connectivity index (χ3v) is 2.52. The zero-order chi connectivity index (χ0) is 11.9. The zero-order valence-electron chi connectivity index (χ0n) is 10.1. The van der Waals surface area contributed by atoms with E-state index in [-0.39, 0.29) is 5.91 Å². The van der Waals surface area contributed by atoms with Crippen molar-refractivity contribution < 1.29 is 14.3 Å². The third kappa shape index (κ3) is 4.59. The van der Waals surface area contributed by atoms with Gasteiger partial charge in [0.1, 0.15) is 0 Å². The highest BCUT2D eigenvalue weighted by molar-refractivity contribution is 5.83. The maximum Gasteiger partial charge on any atom is 0.237 e. The Kier molecular flexibility index (Phi) is 6.47. The molecule has 1 amide bonds. The number of ether oxygens (including phenoxy) is 2. The van der Waals surface area contributed by atoms with Gasteiger partial charge in [-0.3, -0.25) is 9.69 Å². The van der Waals surface area contributed by atoms with Crippen LogP contribution >= 0.6 is 0 Å². The molecule has 0 saturated carbocycles. The number of carbonyl (C=O) groups excluding carboxylic acids is 1. The topological polar surface area (TPSA) is 64.8 Å². The van der Waals surface area contributed by atoms with Crippen LogP contribution in [-0.2, 0) is 14.3 Å². The molecule has 5 heteroatoms. The number of rotatable bonds is 8. The average Bonchev–Trinajstić information content (AvgIpc) is 2.17. The molecule has 0 aromatic heterocycles. The minimum absolute atomic E-state index is 0.338. The van der Waals surface area contributed by atoms with E-state index >= 15 is 0 Å². The molecule has 0 aromatic rings. The van der Waals surface area contributed by atoms with Crippen LogP contribution in [0.3, 0.4) is 0 Å². The van der Waals surface area contributed by atoms with Crippen molar-refractivity contribution in [2.24, 2.45) is 5.73 Å². The maximum absolute atomic E-state index is 11.3. The Hall–Kier alpha value is -0.650. The Morgan fingerprint density at radius 1 is 1.20 bits per heavy atom. The van der Waals surface area contributed by atoms with Gasteiger partial charge in [-0.2, -0.15) is 0 Å². The summed E-state index contributed by atoms with van der Waals surface area (Å²) in [5, 5.41) is 0. The van der Waals surface area contributed by atoms with E-state index in [0.29, 0.717) is 26.3 Å². The third-order valence-electron chi connectivity index (χ3n) is 2.52. The van der Waals surface area contributed by atoms with Crippen molar-refractivity contribution >= 4 is 5.91 Å². The molecule has 0 aliphatic rings. The molecule has 0 heterocycles. The minimum Gasteiger partial charge on any atom is -0.383 e. The van der Waals surface area contributed by atoms with Gasteiger partial charge in [0.15, 0.2) is 0 Å². The number of amides is 1. The van der Waals surface area contributed by atoms with Crippen molar-refractivity contribution in [3.8, 4) is 0 Å². The fraction of sp³-hybridized carbons (Fsp3) is 0.900. The highest BCUT2D eigenvalue weighted by atomic mass is 16.5. The van der Waals surface area contributed by atoms with Gasteiger partial charge in [-0.25, -0.2) is 0 Å². The van der Waals surface area contributed by atoms with Gasteiger partial charge in [-0.1, -0.05) is 0 Å². The molecule has 0 bridgehead atoms. The Morgan fingerprint density at radius 2 is 1.60 bits per heavy atom. The quantitative estimate of drug-likeness (QED) is 0.615. The number of nitrogens with zero attached hydrogens (tertiary/aromatic N) is 1. The fourth-order valence-electron chi connectivity index (χ4n) is 1.23. The highest BCUT2D eigenvalue weighted by Gasteiger charge is 2.31. The summed E-state index contributed by atoms with van der Waals surface area (Å²) in [7, 11) is 3.26. The van der Waals surface area contributed by atoms with Crippen LogP contribution in [0.25, 0.3) is 0 Å². The van der Waals surface area contributed by atoms with Gasteiger partial charge in [0.2, 0.25) is 5.91 Å². The standard InChI is InChI=1S/C10H22N2O3/c1-10(2,9(11)13)12(5-7-14-3)6-8-15-4/h5-8H2,1-4H3,(H2,11,13). The average molecular weight is 218 g/mol. The smallest absolute Gasteiger partial charge is 0.237 e. The number of methoxy groups -OCH3 is 2. The van der Waals surface area contributed by atoms with Gasteiger partial charge in [0.05, 0.1) is 18.8 Å². The molecule has 0 aliphatic heterocycles. The van der Waals surface area contributed by atoms with Gasteiger partial charge in [0, 0.05) is 27.3 Å². The molecule has 0 rings (SSSR count). The Bertz CT molecular complexity index is 187. The predicted molar refractivity (Wildman–Crippen MR) is 58.6 cm³/mol. The second-order valence-electron chi connectivity index (χ2n) is 3.90. The van der Waals surface area contributed by atoms with Crippen molar-refractivity contribution in [1.29, 1.82) is 0 Å². The van der Waals surface area contributed by atoms with Crippen molar-refractivity contribution in [1.82, 2.24) is 4.90 Å². The largest absolute Gasteiger partial charge is 0.383 e. The maximum atomic E-state index is 11.3. The summed E-state index contributed by atoms with van der Waals surface area (Å²) >= 11 is 0. The molecule has 0 aliphatic carbocycles. The fourth-order valence-corrected chi connectivity index (χ4v) is 1.23. The summed E-state index contributed by atoms with van der Waals surface area (Å²) in [6, 6.07) is 0. The van der Waals surface area contributed by atoms with Crippen LogP contribution in [0.4, 0.5) is 0 Å². The summed E-state index contributed by atoms with van der Waals surface area (Å²) in [6.45, 7) is 6.08. The first kappa shape index (κ1) is 14.3. The predicted octanol–water partition coefficient (Wildman–Crippen LogP) is -0.155. The lowest BCUT2D eigenvalue weighted by molar-refractivity contribution is -0.129. The lowest BCUT2D eigenvalue weighted by atomic mass is 10.0. The molecular weight excluding hydrogens is 196 g/mol. The van der Waals surface area contributed by atoms with Crippen molar-refractivity contribution in [2.75, 3.05) is 40.5 Å². The molecule has 2 N–H and O–H groups in total. The van der Waals surface area contributed by atoms with Gasteiger partial charge in [-0.15, -0.1) is 0 Å². The first-order chi connectivity index (χ1) is 6.96. The molecule has 0 atom stereocenters. The van der Waals surface area contributed by atoms with Crippen LogP contribution in [-0.4, -0.2) is 56.9 Å². The minimum atomic E-state index is -0.670. The summed E-state index contributed by atoms with van der Waals surface area (Å²) in [6.07, 6.45) is 0. The Labute approximate surface area is 91.5 Å². The van der Waals surface area contributed by atoms with E-state index < -0.39 is 5.54 Å². The molecule has 0 unspecified atom stereocenters. The van der Waals surface area contributed by atoms with Crippen LogP contribution in [0.5, 0.6) is 0 Å². The van der Waals surface area contributed by atoms with E-state index in [1.54, 1.807) is 28.1 Å².